The van der Waals surface area contributed by atoms with Crippen LogP contribution in [0.5, 0.6) is 0 Å². The molecule has 2 N–H and O–H groups in total. The smallest absolute Gasteiger partial charge is 0.0554 e. The second-order valence-corrected chi connectivity index (χ2v) is 6.46. The molecule has 2 rings (SSSR count). The van der Waals surface area contributed by atoms with Gasteiger partial charge in [-0.3, -0.25) is 0 Å². The Bertz CT molecular complexity index is 388. The number of allylic oxidation sites excluding steroid dienone is 5. The van der Waals surface area contributed by atoms with Crippen molar-refractivity contribution in [3.05, 3.63) is 34.9 Å². The summed E-state index contributed by atoms with van der Waals surface area (Å²) in [4.78, 5) is 0. The van der Waals surface area contributed by atoms with Crippen molar-refractivity contribution in [2.75, 3.05) is 6.54 Å². The highest BCUT2D eigenvalue weighted by molar-refractivity contribution is 6.22. The van der Waals surface area contributed by atoms with Gasteiger partial charge in [0.15, 0.2) is 0 Å². The quantitative estimate of drug-likeness (QED) is 0.739. The molecule has 0 aromatic carbocycles. The first kappa shape index (κ1) is 12.9. The number of alkyl halides is 1. The first-order valence-electron chi connectivity index (χ1n) is 6.45. The molecule has 2 aliphatic rings. The van der Waals surface area contributed by atoms with Crippen LogP contribution in [0.1, 0.15) is 39.5 Å². The van der Waals surface area contributed by atoms with Gasteiger partial charge in [-0.05, 0) is 42.2 Å². The summed E-state index contributed by atoms with van der Waals surface area (Å²) in [6.07, 6.45) is 11.0. The summed E-state index contributed by atoms with van der Waals surface area (Å²) in [6, 6.07) is 0. The van der Waals surface area contributed by atoms with Crippen LogP contribution in [0.4, 0.5) is 0 Å². The molecule has 0 bridgehead atoms. The van der Waals surface area contributed by atoms with Crippen molar-refractivity contribution in [1.82, 2.24) is 0 Å². The minimum atomic E-state index is 0.164. The van der Waals surface area contributed by atoms with Gasteiger partial charge in [-0.2, -0.15) is 0 Å². The van der Waals surface area contributed by atoms with Gasteiger partial charge in [0.2, 0.25) is 0 Å². The van der Waals surface area contributed by atoms with Gasteiger partial charge in [-0.1, -0.05) is 37.6 Å². The summed E-state index contributed by atoms with van der Waals surface area (Å²) in [5.74, 6) is 0. The highest BCUT2D eigenvalue weighted by Gasteiger charge is 2.27. The molecular weight excluding hydrogens is 230 g/mol. The van der Waals surface area contributed by atoms with E-state index in [1.807, 2.05) is 0 Å². The first-order valence-corrected chi connectivity index (χ1v) is 6.89. The van der Waals surface area contributed by atoms with E-state index in [1.54, 1.807) is 0 Å². The van der Waals surface area contributed by atoms with Crippen molar-refractivity contribution in [2.24, 2.45) is 11.1 Å². The largest absolute Gasteiger partial charge is 0.327 e. The molecule has 0 spiro atoms. The van der Waals surface area contributed by atoms with E-state index < -0.39 is 0 Å². The van der Waals surface area contributed by atoms with Gasteiger partial charge in [0, 0.05) is 6.54 Å². The van der Waals surface area contributed by atoms with E-state index in [-0.39, 0.29) is 5.38 Å². The van der Waals surface area contributed by atoms with Crippen LogP contribution in [0, 0.1) is 5.41 Å². The van der Waals surface area contributed by atoms with Gasteiger partial charge in [0.05, 0.1) is 5.38 Å². The molecule has 94 valence electrons. The Morgan fingerprint density at radius 1 is 1.47 bits per heavy atom. The van der Waals surface area contributed by atoms with E-state index in [9.17, 15) is 0 Å². The summed E-state index contributed by atoms with van der Waals surface area (Å²) >= 11 is 6.08. The lowest BCUT2D eigenvalue weighted by molar-refractivity contribution is 0.315. The van der Waals surface area contributed by atoms with Crippen LogP contribution in [-0.4, -0.2) is 11.9 Å². The fourth-order valence-corrected chi connectivity index (χ4v) is 2.84. The van der Waals surface area contributed by atoms with E-state index in [0.717, 1.165) is 19.3 Å². The van der Waals surface area contributed by atoms with Crippen LogP contribution < -0.4 is 5.73 Å². The summed E-state index contributed by atoms with van der Waals surface area (Å²) in [7, 11) is 0. The second kappa shape index (κ2) is 4.99. The molecule has 0 aliphatic heterocycles. The van der Waals surface area contributed by atoms with Crippen LogP contribution in [0.3, 0.4) is 0 Å². The molecule has 0 aromatic rings. The molecule has 0 radical (unpaired) electrons. The van der Waals surface area contributed by atoms with E-state index in [0.29, 0.717) is 12.0 Å². The normalized spacial score (nSPS) is 28.2. The third kappa shape index (κ3) is 3.02. The molecule has 2 heteroatoms. The summed E-state index contributed by atoms with van der Waals surface area (Å²) in [5, 5.41) is 0.164. The van der Waals surface area contributed by atoms with E-state index in [4.69, 9.17) is 17.3 Å². The first-order chi connectivity index (χ1) is 8.02. The average molecular weight is 252 g/mol. The SMILES string of the molecule is CC1(C)CCC(CN)=C(C2=CCC(Cl)C=C2)C1. The fourth-order valence-electron chi connectivity index (χ4n) is 2.68. The molecule has 2 aliphatic carbocycles. The Balaban J connectivity index is 2.28. The van der Waals surface area contributed by atoms with Crippen molar-refractivity contribution in [2.45, 2.75) is 44.9 Å². The Morgan fingerprint density at radius 2 is 2.24 bits per heavy atom. The van der Waals surface area contributed by atoms with Gasteiger partial charge in [0.1, 0.15) is 0 Å². The summed E-state index contributed by atoms with van der Waals surface area (Å²) < 4.78 is 0. The van der Waals surface area contributed by atoms with Crippen molar-refractivity contribution in [3.63, 3.8) is 0 Å². The summed E-state index contributed by atoms with van der Waals surface area (Å²) in [5.41, 5.74) is 10.6. The minimum Gasteiger partial charge on any atom is -0.327 e. The predicted octanol–water partition coefficient (Wildman–Crippen LogP) is 3.95. The molecule has 0 saturated heterocycles. The third-order valence-corrected chi connectivity index (χ3v) is 4.15. The highest BCUT2D eigenvalue weighted by atomic mass is 35.5. The van der Waals surface area contributed by atoms with Crippen LogP contribution >= 0.6 is 11.6 Å². The van der Waals surface area contributed by atoms with Crippen molar-refractivity contribution < 1.29 is 0 Å². The van der Waals surface area contributed by atoms with Crippen molar-refractivity contribution in [1.29, 1.82) is 0 Å². The number of halogens is 1. The predicted molar refractivity (Wildman–Crippen MR) is 75.2 cm³/mol. The van der Waals surface area contributed by atoms with E-state index >= 15 is 0 Å². The lowest BCUT2D eigenvalue weighted by atomic mass is 9.72. The molecular formula is C15H22ClN. The third-order valence-electron chi connectivity index (χ3n) is 3.83. The van der Waals surface area contributed by atoms with Gasteiger partial charge in [-0.15, -0.1) is 11.6 Å². The monoisotopic (exact) mass is 251 g/mol. The Kier molecular flexibility index (Phi) is 3.79. The van der Waals surface area contributed by atoms with Crippen molar-refractivity contribution in [3.8, 4) is 0 Å². The minimum absolute atomic E-state index is 0.164. The van der Waals surface area contributed by atoms with Crippen LogP contribution in [0.2, 0.25) is 0 Å². The molecule has 0 amide bonds. The number of hydrogen-bond donors (Lipinski definition) is 1. The average Bonchev–Trinajstić information content (AvgIpc) is 2.29. The maximum absolute atomic E-state index is 6.08. The zero-order chi connectivity index (χ0) is 12.5. The number of rotatable bonds is 2. The van der Waals surface area contributed by atoms with Gasteiger partial charge < -0.3 is 5.73 Å². The Hall–Kier alpha value is -0.530. The zero-order valence-corrected chi connectivity index (χ0v) is 11.6. The molecule has 1 atom stereocenters. The number of hydrogen-bond acceptors (Lipinski definition) is 1. The molecule has 0 saturated carbocycles. The van der Waals surface area contributed by atoms with Crippen molar-refractivity contribution >= 4 is 11.6 Å². The van der Waals surface area contributed by atoms with Crippen LogP contribution in [-0.2, 0) is 0 Å². The molecule has 0 heterocycles. The van der Waals surface area contributed by atoms with Crippen LogP contribution in [0.15, 0.2) is 34.9 Å². The maximum Gasteiger partial charge on any atom is 0.0554 e. The molecule has 0 aromatic heterocycles. The van der Waals surface area contributed by atoms with E-state index in [2.05, 4.69) is 32.1 Å². The van der Waals surface area contributed by atoms with Gasteiger partial charge >= 0.3 is 0 Å². The van der Waals surface area contributed by atoms with Gasteiger partial charge in [0.25, 0.3) is 0 Å². The molecule has 17 heavy (non-hydrogen) atoms. The second-order valence-electron chi connectivity index (χ2n) is 5.90. The van der Waals surface area contributed by atoms with Crippen LogP contribution in [0.25, 0.3) is 0 Å². The fraction of sp³-hybridized carbons (Fsp3) is 0.600. The lowest BCUT2D eigenvalue weighted by Gasteiger charge is -2.34. The molecule has 0 fully saturated rings. The maximum atomic E-state index is 6.08. The molecule has 1 unspecified atom stereocenters. The Labute approximate surface area is 109 Å². The molecule has 1 nitrogen and oxygen atoms in total. The Morgan fingerprint density at radius 3 is 2.82 bits per heavy atom. The highest BCUT2D eigenvalue weighted by Crippen LogP contribution is 2.42. The van der Waals surface area contributed by atoms with Gasteiger partial charge in [-0.25, -0.2) is 0 Å². The summed E-state index contributed by atoms with van der Waals surface area (Å²) in [6.45, 7) is 5.39. The topological polar surface area (TPSA) is 26.0 Å². The number of nitrogens with two attached hydrogens (primary N) is 1. The standard InChI is InChI=1S/C15H22ClN/c1-15(2)8-7-12(10-17)14(9-15)11-3-5-13(16)6-4-11/h3-5,13H,6-10,17H2,1-2H3. The lowest BCUT2D eigenvalue weighted by Crippen LogP contribution is -2.22. The zero-order valence-electron chi connectivity index (χ0n) is 10.8. The van der Waals surface area contributed by atoms with E-state index in [1.165, 1.54) is 23.1 Å².